The first-order valence-corrected chi connectivity index (χ1v) is 13.8. The normalized spacial score (nSPS) is 11.5. The Bertz CT molecular complexity index is 1090. The standard InChI is InChI=1S/C21H28N6O3Si/c1-31(2,3)10-9-30-14-27-13-25-18(15-7-5-4-6-8-15)16(27)11-17(28)26-19-20(22)23-12-24-21(19)29/h4-8,12-13H,9-11,14H2,1-3H3,(H,26,28)(H3,22,23,24,29). The third-order valence-corrected chi connectivity index (χ3v) is 6.40. The second-order valence-electron chi connectivity index (χ2n) is 8.44. The fraction of sp³-hybridized carbons (Fsp3) is 0.333. The highest BCUT2D eigenvalue weighted by atomic mass is 28.3. The second kappa shape index (κ2) is 9.71. The van der Waals surface area contributed by atoms with Crippen LogP contribution in [-0.4, -0.2) is 40.1 Å². The lowest BCUT2D eigenvalue weighted by atomic mass is 10.1. The Labute approximate surface area is 181 Å². The summed E-state index contributed by atoms with van der Waals surface area (Å²) >= 11 is 0. The molecule has 164 valence electrons. The van der Waals surface area contributed by atoms with Crippen LogP contribution in [0.2, 0.25) is 25.7 Å². The molecule has 0 atom stereocenters. The number of aromatic nitrogens is 4. The van der Waals surface area contributed by atoms with E-state index in [2.05, 4.69) is 39.9 Å². The molecule has 2 aromatic heterocycles. The predicted molar refractivity (Wildman–Crippen MR) is 123 cm³/mol. The van der Waals surface area contributed by atoms with E-state index in [4.69, 9.17) is 10.5 Å². The molecular formula is C21H28N6O3Si. The molecule has 0 saturated carbocycles. The minimum absolute atomic E-state index is 0.00458. The van der Waals surface area contributed by atoms with Crippen LogP contribution < -0.4 is 16.6 Å². The number of nitrogens with two attached hydrogens (primary N) is 1. The van der Waals surface area contributed by atoms with Crippen LogP contribution in [0.15, 0.2) is 47.8 Å². The zero-order chi connectivity index (χ0) is 22.4. The zero-order valence-electron chi connectivity index (χ0n) is 18.0. The fourth-order valence-electron chi connectivity index (χ4n) is 2.95. The number of amides is 1. The van der Waals surface area contributed by atoms with E-state index in [0.717, 1.165) is 11.6 Å². The Morgan fingerprint density at radius 3 is 2.65 bits per heavy atom. The molecule has 0 unspecified atom stereocenters. The van der Waals surface area contributed by atoms with Crippen molar-refractivity contribution in [2.45, 2.75) is 38.8 Å². The SMILES string of the molecule is C[Si](C)(C)CCOCn1cnc(-c2ccccc2)c1CC(=O)Nc1c(N)nc[nH]c1=O. The van der Waals surface area contributed by atoms with Crippen LogP contribution in [0.25, 0.3) is 11.3 Å². The first-order chi connectivity index (χ1) is 14.7. The average molecular weight is 441 g/mol. The number of nitrogens with zero attached hydrogens (tertiary/aromatic N) is 3. The first-order valence-electron chi connectivity index (χ1n) is 10.0. The number of carbonyl (C=O) groups is 1. The maximum absolute atomic E-state index is 12.8. The molecule has 3 aromatic rings. The van der Waals surface area contributed by atoms with Gasteiger partial charge < -0.3 is 25.3 Å². The summed E-state index contributed by atoms with van der Waals surface area (Å²) in [5.41, 5.74) is 7.44. The summed E-state index contributed by atoms with van der Waals surface area (Å²) in [7, 11) is -1.20. The fourth-order valence-corrected chi connectivity index (χ4v) is 3.71. The van der Waals surface area contributed by atoms with Crippen LogP contribution in [0.3, 0.4) is 0 Å². The number of benzene rings is 1. The Morgan fingerprint density at radius 1 is 1.23 bits per heavy atom. The van der Waals surface area contributed by atoms with Crippen molar-refractivity contribution in [1.29, 1.82) is 0 Å². The summed E-state index contributed by atoms with van der Waals surface area (Å²) in [6, 6.07) is 10.7. The van der Waals surface area contributed by atoms with Gasteiger partial charge in [-0.05, 0) is 6.04 Å². The minimum atomic E-state index is -1.20. The van der Waals surface area contributed by atoms with Crippen molar-refractivity contribution in [3.63, 3.8) is 0 Å². The molecule has 0 bridgehead atoms. The summed E-state index contributed by atoms with van der Waals surface area (Å²) in [6.07, 6.45) is 2.85. The van der Waals surface area contributed by atoms with Crippen LogP contribution in [0, 0.1) is 0 Å². The lowest BCUT2D eigenvalue weighted by Gasteiger charge is -2.16. The van der Waals surface area contributed by atoms with E-state index in [0.29, 0.717) is 24.7 Å². The number of anilines is 2. The van der Waals surface area contributed by atoms with Gasteiger partial charge in [-0.15, -0.1) is 0 Å². The van der Waals surface area contributed by atoms with Gasteiger partial charge in [-0.1, -0.05) is 50.0 Å². The maximum atomic E-state index is 12.8. The average Bonchev–Trinajstić information content (AvgIpc) is 3.10. The van der Waals surface area contributed by atoms with Gasteiger partial charge >= 0.3 is 0 Å². The number of hydrogen-bond donors (Lipinski definition) is 3. The largest absolute Gasteiger partial charge is 0.382 e. The maximum Gasteiger partial charge on any atom is 0.276 e. The Hall–Kier alpha value is -3.24. The molecule has 9 nitrogen and oxygen atoms in total. The number of aromatic amines is 1. The molecule has 1 amide bonds. The van der Waals surface area contributed by atoms with Crippen molar-refractivity contribution in [3.8, 4) is 11.3 Å². The number of H-pyrrole nitrogens is 1. The molecule has 0 radical (unpaired) electrons. The van der Waals surface area contributed by atoms with Crippen molar-refractivity contribution in [2.75, 3.05) is 17.7 Å². The van der Waals surface area contributed by atoms with Gasteiger partial charge in [0.05, 0.1) is 30.5 Å². The van der Waals surface area contributed by atoms with Gasteiger partial charge in [0, 0.05) is 20.2 Å². The molecule has 31 heavy (non-hydrogen) atoms. The Morgan fingerprint density at radius 2 is 1.97 bits per heavy atom. The highest BCUT2D eigenvalue weighted by molar-refractivity contribution is 6.76. The monoisotopic (exact) mass is 440 g/mol. The van der Waals surface area contributed by atoms with Gasteiger partial charge in [-0.25, -0.2) is 9.97 Å². The number of nitrogen functional groups attached to an aromatic ring is 1. The lowest BCUT2D eigenvalue weighted by Crippen LogP contribution is -2.24. The lowest BCUT2D eigenvalue weighted by molar-refractivity contribution is -0.115. The van der Waals surface area contributed by atoms with Crippen LogP contribution in [0.5, 0.6) is 0 Å². The number of rotatable bonds is 9. The molecular weight excluding hydrogens is 412 g/mol. The number of hydrogen-bond acceptors (Lipinski definition) is 6. The van der Waals surface area contributed by atoms with Crippen molar-refractivity contribution < 1.29 is 9.53 Å². The number of nitrogens with one attached hydrogen (secondary N) is 2. The van der Waals surface area contributed by atoms with E-state index >= 15 is 0 Å². The zero-order valence-corrected chi connectivity index (χ0v) is 19.0. The van der Waals surface area contributed by atoms with E-state index in [1.165, 1.54) is 6.33 Å². The van der Waals surface area contributed by atoms with E-state index in [1.807, 2.05) is 34.9 Å². The Kier molecular flexibility index (Phi) is 7.03. The van der Waals surface area contributed by atoms with Crippen molar-refractivity contribution in [1.82, 2.24) is 19.5 Å². The van der Waals surface area contributed by atoms with Gasteiger partial charge in [0.2, 0.25) is 5.91 Å². The highest BCUT2D eigenvalue weighted by Gasteiger charge is 2.19. The van der Waals surface area contributed by atoms with Crippen LogP contribution in [0.4, 0.5) is 11.5 Å². The molecule has 0 fully saturated rings. The predicted octanol–water partition coefficient (Wildman–Crippen LogP) is 2.71. The smallest absolute Gasteiger partial charge is 0.276 e. The molecule has 2 heterocycles. The highest BCUT2D eigenvalue weighted by Crippen LogP contribution is 2.23. The van der Waals surface area contributed by atoms with Crippen LogP contribution in [0.1, 0.15) is 5.69 Å². The molecule has 0 spiro atoms. The minimum Gasteiger partial charge on any atom is -0.382 e. The molecule has 0 aliphatic heterocycles. The van der Waals surface area contributed by atoms with E-state index in [9.17, 15) is 9.59 Å². The second-order valence-corrected chi connectivity index (χ2v) is 14.1. The summed E-state index contributed by atoms with van der Waals surface area (Å²) in [6.45, 7) is 7.83. The number of imidazole rings is 1. The Balaban J connectivity index is 1.81. The number of ether oxygens (including phenoxy) is 1. The van der Waals surface area contributed by atoms with E-state index in [1.54, 1.807) is 6.33 Å². The third-order valence-electron chi connectivity index (χ3n) is 4.70. The third kappa shape index (κ3) is 6.12. The van der Waals surface area contributed by atoms with Gasteiger partial charge in [0.15, 0.2) is 5.82 Å². The van der Waals surface area contributed by atoms with E-state index < -0.39 is 19.5 Å². The quantitative estimate of drug-likeness (QED) is 0.347. The van der Waals surface area contributed by atoms with Crippen LogP contribution >= 0.6 is 0 Å². The molecule has 4 N–H and O–H groups in total. The number of carbonyl (C=O) groups excluding carboxylic acids is 1. The molecule has 0 aliphatic carbocycles. The summed E-state index contributed by atoms with van der Waals surface area (Å²) < 4.78 is 7.69. The van der Waals surface area contributed by atoms with Crippen LogP contribution in [-0.2, 0) is 22.7 Å². The van der Waals surface area contributed by atoms with Crippen molar-refractivity contribution >= 4 is 25.5 Å². The van der Waals surface area contributed by atoms with Crippen molar-refractivity contribution in [3.05, 3.63) is 59.0 Å². The molecule has 1 aromatic carbocycles. The molecule has 0 aliphatic rings. The van der Waals surface area contributed by atoms with Gasteiger partial charge in [-0.3, -0.25) is 9.59 Å². The van der Waals surface area contributed by atoms with Gasteiger partial charge in [0.25, 0.3) is 5.56 Å². The van der Waals surface area contributed by atoms with E-state index in [-0.39, 0.29) is 17.9 Å². The van der Waals surface area contributed by atoms with Gasteiger partial charge in [0.1, 0.15) is 12.4 Å². The molecule has 10 heteroatoms. The summed E-state index contributed by atoms with van der Waals surface area (Å²) in [5.74, 6) is -0.435. The molecule has 0 saturated heterocycles. The first kappa shape index (κ1) is 22.4. The summed E-state index contributed by atoms with van der Waals surface area (Å²) in [4.78, 5) is 35.5. The molecule has 3 rings (SSSR count). The summed E-state index contributed by atoms with van der Waals surface area (Å²) in [5, 5.41) is 2.56. The topological polar surface area (TPSA) is 128 Å². The van der Waals surface area contributed by atoms with Gasteiger partial charge in [-0.2, -0.15) is 0 Å². The van der Waals surface area contributed by atoms with Crippen molar-refractivity contribution in [2.24, 2.45) is 0 Å².